The molecule has 2 aromatic rings. The molecule has 168 valence electrons. The fourth-order valence-corrected chi connectivity index (χ4v) is 4.17. The maximum atomic E-state index is 12.9. The van der Waals surface area contributed by atoms with Crippen molar-refractivity contribution in [3.05, 3.63) is 76.0 Å². The average molecular weight is 437 g/mol. The predicted molar refractivity (Wildman–Crippen MR) is 122 cm³/mol. The van der Waals surface area contributed by atoms with E-state index in [1.165, 1.54) is 7.05 Å². The number of nitrogens with zero attached hydrogens (tertiary/aromatic N) is 2. The highest BCUT2D eigenvalue weighted by Crippen LogP contribution is 2.40. The van der Waals surface area contributed by atoms with E-state index in [4.69, 9.17) is 14.2 Å². The third-order valence-electron chi connectivity index (χ3n) is 5.64. The minimum atomic E-state index is -0.505. The van der Waals surface area contributed by atoms with Gasteiger partial charge in [-0.25, -0.2) is 9.53 Å². The van der Waals surface area contributed by atoms with Crippen LogP contribution >= 0.6 is 0 Å². The highest BCUT2D eigenvalue weighted by Gasteiger charge is 2.39. The van der Waals surface area contributed by atoms with Crippen LogP contribution in [0.2, 0.25) is 0 Å². The van der Waals surface area contributed by atoms with Crippen LogP contribution in [0.25, 0.3) is 5.57 Å². The van der Waals surface area contributed by atoms with Gasteiger partial charge in [0.1, 0.15) is 25.0 Å². The molecule has 0 spiro atoms. The molecule has 2 aliphatic rings. The van der Waals surface area contributed by atoms with Crippen molar-refractivity contribution in [1.82, 2.24) is 4.90 Å². The monoisotopic (exact) mass is 436 g/mol. The quantitative estimate of drug-likeness (QED) is 0.288. The molecule has 0 bridgehead atoms. The van der Waals surface area contributed by atoms with Crippen molar-refractivity contribution in [3.63, 3.8) is 0 Å². The van der Waals surface area contributed by atoms with Gasteiger partial charge in [-0.05, 0) is 36.2 Å². The van der Waals surface area contributed by atoms with Crippen LogP contribution in [0.15, 0.2) is 54.1 Å². The molecule has 0 amide bonds. The zero-order chi connectivity index (χ0) is 22.5. The lowest BCUT2D eigenvalue weighted by Crippen LogP contribution is -2.38. The summed E-state index contributed by atoms with van der Waals surface area (Å²) in [6, 6.07) is 15.2. The van der Waals surface area contributed by atoms with Crippen molar-refractivity contribution in [3.8, 4) is 5.75 Å². The molecular weight excluding hydrogens is 408 g/mol. The Balaban J connectivity index is 1.67. The Hall–Kier alpha value is -3.16. The van der Waals surface area contributed by atoms with E-state index in [9.17, 15) is 10.0 Å². The third kappa shape index (κ3) is 4.54. The van der Waals surface area contributed by atoms with Gasteiger partial charge in [0.25, 0.3) is 0 Å². The van der Waals surface area contributed by atoms with E-state index in [1.54, 1.807) is 6.92 Å². The topological polar surface area (TPSA) is 74.1 Å². The standard InChI is InChI=1S/C25H28N2O5/c1-3-31-25(28)23-22(18-7-5-4-6-8-18)20-10-9-19(17-21(20)24(23)26(2)29)32-16-13-27-11-14-30-15-12-27/h4-10,17H,3,11-16H2,1-2H3/b26-24-. The first kappa shape index (κ1) is 22.0. The van der Waals surface area contributed by atoms with E-state index in [0.29, 0.717) is 29.2 Å². The number of carbonyl (C=O) groups excluding carboxylic acids is 1. The molecule has 2 aromatic carbocycles. The van der Waals surface area contributed by atoms with Crippen molar-refractivity contribution >= 4 is 17.3 Å². The summed E-state index contributed by atoms with van der Waals surface area (Å²) in [7, 11) is 1.40. The highest BCUT2D eigenvalue weighted by molar-refractivity contribution is 6.35. The maximum Gasteiger partial charge on any atom is 0.345 e. The fourth-order valence-electron chi connectivity index (χ4n) is 4.17. The number of hydrogen-bond acceptors (Lipinski definition) is 6. The van der Waals surface area contributed by atoms with Gasteiger partial charge in [0.15, 0.2) is 0 Å². The normalized spacial score (nSPS) is 17.8. The van der Waals surface area contributed by atoms with Crippen molar-refractivity contribution in [2.75, 3.05) is 53.1 Å². The molecule has 0 atom stereocenters. The van der Waals surface area contributed by atoms with Gasteiger partial charge in [-0.2, -0.15) is 0 Å². The zero-order valence-corrected chi connectivity index (χ0v) is 18.5. The second kappa shape index (κ2) is 9.97. The number of esters is 1. The number of fused-ring (bicyclic) bond motifs is 1. The lowest BCUT2D eigenvalue weighted by atomic mass is 9.97. The van der Waals surface area contributed by atoms with Gasteiger partial charge in [-0.3, -0.25) is 4.90 Å². The summed E-state index contributed by atoms with van der Waals surface area (Å²) >= 11 is 0. The van der Waals surface area contributed by atoms with Crippen molar-refractivity contribution < 1.29 is 23.7 Å². The Morgan fingerprint density at radius 1 is 1.12 bits per heavy atom. The Bertz CT molecular complexity index is 1040. The van der Waals surface area contributed by atoms with Gasteiger partial charge in [0, 0.05) is 25.2 Å². The van der Waals surface area contributed by atoms with Crippen molar-refractivity contribution in [2.45, 2.75) is 6.92 Å². The van der Waals surface area contributed by atoms with Gasteiger partial charge < -0.3 is 19.4 Å². The second-order valence-electron chi connectivity index (χ2n) is 7.69. The Morgan fingerprint density at radius 3 is 2.56 bits per heavy atom. The van der Waals surface area contributed by atoms with E-state index in [2.05, 4.69) is 4.90 Å². The highest BCUT2D eigenvalue weighted by atomic mass is 16.5. The Labute approximate surface area is 188 Å². The van der Waals surface area contributed by atoms with Crippen LogP contribution in [0.5, 0.6) is 5.75 Å². The van der Waals surface area contributed by atoms with Gasteiger partial charge in [-0.15, -0.1) is 0 Å². The number of hydroxylamine groups is 1. The van der Waals surface area contributed by atoms with Crippen LogP contribution in [0.4, 0.5) is 0 Å². The molecule has 4 rings (SSSR count). The SMILES string of the molecule is CCOC(=O)C1=C(c2ccccc2)c2ccc(OCCN3CCOCC3)cc2/C1=[N+](\C)[O-]. The van der Waals surface area contributed by atoms with Crippen LogP contribution in [-0.2, 0) is 14.3 Å². The second-order valence-corrected chi connectivity index (χ2v) is 7.69. The molecule has 1 aliphatic carbocycles. The number of hydrogen-bond donors (Lipinski definition) is 0. The van der Waals surface area contributed by atoms with Crippen LogP contribution in [0.3, 0.4) is 0 Å². The van der Waals surface area contributed by atoms with Crippen molar-refractivity contribution in [2.24, 2.45) is 0 Å². The molecule has 1 aliphatic heterocycles. The summed E-state index contributed by atoms with van der Waals surface area (Å²) in [5, 5.41) is 12.6. The lowest BCUT2D eigenvalue weighted by molar-refractivity contribution is -0.421. The molecule has 0 unspecified atom stereocenters. The minimum Gasteiger partial charge on any atom is -0.624 e. The number of carbonyl (C=O) groups is 1. The first-order chi connectivity index (χ1) is 15.6. The Kier molecular flexibility index (Phi) is 6.87. The Morgan fingerprint density at radius 2 is 1.88 bits per heavy atom. The molecule has 0 radical (unpaired) electrons. The molecule has 0 aromatic heterocycles. The van der Waals surface area contributed by atoms with Crippen molar-refractivity contribution in [1.29, 1.82) is 0 Å². The molecule has 0 saturated carbocycles. The van der Waals surface area contributed by atoms with E-state index >= 15 is 0 Å². The summed E-state index contributed by atoms with van der Waals surface area (Å²) in [5.74, 6) is 0.156. The predicted octanol–water partition coefficient (Wildman–Crippen LogP) is 2.71. The van der Waals surface area contributed by atoms with E-state index in [1.807, 2.05) is 48.5 Å². The number of rotatable bonds is 7. The van der Waals surface area contributed by atoms with Gasteiger partial charge in [-0.1, -0.05) is 30.3 Å². The molecule has 32 heavy (non-hydrogen) atoms. The van der Waals surface area contributed by atoms with E-state index in [-0.39, 0.29) is 12.2 Å². The first-order valence-corrected chi connectivity index (χ1v) is 10.9. The van der Waals surface area contributed by atoms with Crippen LogP contribution < -0.4 is 4.74 Å². The van der Waals surface area contributed by atoms with Crippen LogP contribution in [0, 0.1) is 5.21 Å². The molecular formula is C25H28N2O5. The van der Waals surface area contributed by atoms with E-state index in [0.717, 1.165) is 48.7 Å². The fraction of sp³-hybridized carbons (Fsp3) is 0.360. The summed E-state index contributed by atoms with van der Waals surface area (Å²) in [4.78, 5) is 15.2. The number of benzene rings is 2. The van der Waals surface area contributed by atoms with Gasteiger partial charge in [0.05, 0.1) is 25.4 Å². The van der Waals surface area contributed by atoms with Gasteiger partial charge in [0.2, 0.25) is 5.71 Å². The molecule has 1 heterocycles. The third-order valence-corrected chi connectivity index (χ3v) is 5.64. The lowest BCUT2D eigenvalue weighted by Gasteiger charge is -2.26. The number of ether oxygens (including phenoxy) is 3. The summed E-state index contributed by atoms with van der Waals surface area (Å²) in [6.07, 6.45) is 0. The molecule has 0 N–H and O–H groups in total. The van der Waals surface area contributed by atoms with Crippen LogP contribution in [0.1, 0.15) is 23.6 Å². The molecule has 1 fully saturated rings. The summed E-state index contributed by atoms with van der Waals surface area (Å²) in [6.45, 7) is 6.62. The maximum absolute atomic E-state index is 12.9. The first-order valence-electron chi connectivity index (χ1n) is 10.9. The van der Waals surface area contributed by atoms with Gasteiger partial charge >= 0.3 is 5.97 Å². The average Bonchev–Trinajstić information content (AvgIpc) is 3.15. The molecule has 7 heteroatoms. The number of morpholine rings is 1. The minimum absolute atomic E-state index is 0.229. The molecule has 7 nitrogen and oxygen atoms in total. The summed E-state index contributed by atoms with van der Waals surface area (Å²) in [5.41, 5.74) is 3.64. The van der Waals surface area contributed by atoms with E-state index < -0.39 is 5.97 Å². The molecule has 1 saturated heterocycles. The smallest absolute Gasteiger partial charge is 0.345 e. The zero-order valence-electron chi connectivity index (χ0n) is 18.5. The summed E-state index contributed by atoms with van der Waals surface area (Å²) < 4.78 is 17.4. The largest absolute Gasteiger partial charge is 0.624 e. The van der Waals surface area contributed by atoms with Crippen LogP contribution in [-0.4, -0.2) is 74.4 Å².